The summed E-state index contributed by atoms with van der Waals surface area (Å²) in [5.74, 6) is 0.894. The Bertz CT molecular complexity index is 536. The molecular weight excluding hydrogens is 246 g/mol. The second-order valence-corrected chi connectivity index (χ2v) is 4.84. The van der Waals surface area contributed by atoms with Crippen LogP contribution in [0.2, 0.25) is 0 Å². The third-order valence-electron chi connectivity index (χ3n) is 2.43. The average molecular weight is 261 g/mol. The topological polar surface area (TPSA) is 72.0 Å². The molecule has 18 heavy (non-hydrogen) atoms. The zero-order valence-corrected chi connectivity index (χ0v) is 11.0. The van der Waals surface area contributed by atoms with E-state index in [1.807, 2.05) is 37.3 Å². The SMILES string of the molecule is CCc1nc(COc2ccccc2)sc1C(=N)N. The summed E-state index contributed by atoms with van der Waals surface area (Å²) in [5, 5.41) is 8.34. The van der Waals surface area contributed by atoms with E-state index >= 15 is 0 Å². The molecule has 94 valence electrons. The molecule has 0 spiro atoms. The van der Waals surface area contributed by atoms with Gasteiger partial charge >= 0.3 is 0 Å². The third kappa shape index (κ3) is 2.87. The quantitative estimate of drug-likeness (QED) is 0.642. The first kappa shape index (κ1) is 12.6. The maximum Gasteiger partial charge on any atom is 0.140 e. The highest BCUT2D eigenvalue weighted by molar-refractivity contribution is 7.13. The zero-order valence-electron chi connectivity index (χ0n) is 10.1. The predicted octanol–water partition coefficient (Wildman–Crippen LogP) is 2.57. The molecule has 0 saturated heterocycles. The molecule has 5 heteroatoms. The van der Waals surface area contributed by atoms with Crippen molar-refractivity contribution in [3.05, 3.63) is 45.9 Å². The molecule has 0 saturated carbocycles. The number of hydrogen-bond acceptors (Lipinski definition) is 4. The second kappa shape index (κ2) is 5.64. The van der Waals surface area contributed by atoms with E-state index in [1.54, 1.807) is 0 Å². The van der Waals surface area contributed by atoms with Crippen LogP contribution in [0, 0.1) is 5.41 Å². The standard InChI is InChI=1S/C13H15N3OS/c1-2-10-12(13(14)15)18-11(16-10)8-17-9-6-4-3-5-7-9/h3-7H,2,8H2,1H3,(H3,14,15). The van der Waals surface area contributed by atoms with E-state index < -0.39 is 0 Å². The fourth-order valence-corrected chi connectivity index (χ4v) is 2.50. The summed E-state index contributed by atoms with van der Waals surface area (Å²) < 4.78 is 5.62. The second-order valence-electron chi connectivity index (χ2n) is 3.75. The minimum absolute atomic E-state index is 0.0790. The molecule has 0 aliphatic heterocycles. The van der Waals surface area contributed by atoms with Crippen LogP contribution in [-0.2, 0) is 13.0 Å². The van der Waals surface area contributed by atoms with Crippen LogP contribution >= 0.6 is 11.3 Å². The number of nitrogens with zero attached hydrogens (tertiary/aromatic N) is 1. The number of benzene rings is 1. The van der Waals surface area contributed by atoms with Crippen LogP contribution in [0.3, 0.4) is 0 Å². The zero-order chi connectivity index (χ0) is 13.0. The molecule has 1 aromatic heterocycles. The van der Waals surface area contributed by atoms with Gasteiger partial charge in [0.15, 0.2) is 0 Å². The Morgan fingerprint density at radius 2 is 2.11 bits per heavy atom. The molecule has 0 aliphatic rings. The van der Waals surface area contributed by atoms with E-state index in [-0.39, 0.29) is 5.84 Å². The third-order valence-corrected chi connectivity index (χ3v) is 3.53. The molecule has 2 rings (SSSR count). The van der Waals surface area contributed by atoms with Gasteiger partial charge in [-0.2, -0.15) is 0 Å². The monoisotopic (exact) mass is 261 g/mol. The Morgan fingerprint density at radius 3 is 2.67 bits per heavy atom. The van der Waals surface area contributed by atoms with E-state index in [1.165, 1.54) is 11.3 Å². The van der Waals surface area contributed by atoms with Crippen molar-refractivity contribution in [1.82, 2.24) is 4.98 Å². The van der Waals surface area contributed by atoms with Crippen molar-refractivity contribution in [3.8, 4) is 5.75 Å². The van der Waals surface area contributed by atoms with Crippen molar-refractivity contribution in [1.29, 1.82) is 5.41 Å². The highest BCUT2D eigenvalue weighted by Gasteiger charge is 2.12. The van der Waals surface area contributed by atoms with Gasteiger partial charge in [0.1, 0.15) is 23.2 Å². The van der Waals surface area contributed by atoms with Crippen molar-refractivity contribution in [2.45, 2.75) is 20.0 Å². The van der Waals surface area contributed by atoms with Gasteiger partial charge in [-0.25, -0.2) is 4.98 Å². The number of nitrogens with one attached hydrogen (secondary N) is 1. The minimum Gasteiger partial charge on any atom is -0.486 e. The van der Waals surface area contributed by atoms with Crippen molar-refractivity contribution in [2.24, 2.45) is 5.73 Å². The first-order chi connectivity index (χ1) is 8.70. The first-order valence-corrected chi connectivity index (χ1v) is 6.53. The van der Waals surface area contributed by atoms with Crippen LogP contribution < -0.4 is 10.5 Å². The van der Waals surface area contributed by atoms with Crippen molar-refractivity contribution < 1.29 is 4.74 Å². The number of amidine groups is 1. The molecule has 0 atom stereocenters. The highest BCUT2D eigenvalue weighted by atomic mass is 32.1. The van der Waals surface area contributed by atoms with E-state index in [0.29, 0.717) is 6.61 Å². The molecular formula is C13H15N3OS. The molecule has 0 bridgehead atoms. The maximum atomic E-state index is 7.50. The molecule has 0 fully saturated rings. The van der Waals surface area contributed by atoms with Gasteiger partial charge in [0.05, 0.1) is 10.6 Å². The molecule has 2 aromatic rings. The Labute approximate surface area is 110 Å². The molecule has 3 N–H and O–H groups in total. The van der Waals surface area contributed by atoms with Gasteiger partial charge in [0.25, 0.3) is 0 Å². The van der Waals surface area contributed by atoms with Gasteiger partial charge in [-0.3, -0.25) is 5.41 Å². The molecule has 1 heterocycles. The van der Waals surface area contributed by atoms with Crippen molar-refractivity contribution in [2.75, 3.05) is 0 Å². The maximum absolute atomic E-state index is 7.50. The molecule has 0 unspecified atom stereocenters. The number of hydrogen-bond donors (Lipinski definition) is 2. The lowest BCUT2D eigenvalue weighted by Gasteiger charge is -2.02. The van der Waals surface area contributed by atoms with Gasteiger partial charge in [0.2, 0.25) is 0 Å². The summed E-state index contributed by atoms with van der Waals surface area (Å²) in [5.41, 5.74) is 6.40. The number of thiazole rings is 1. The Morgan fingerprint density at radius 1 is 1.39 bits per heavy atom. The van der Waals surface area contributed by atoms with Gasteiger partial charge < -0.3 is 10.5 Å². The fourth-order valence-electron chi connectivity index (χ4n) is 1.57. The number of nitrogen functional groups attached to an aromatic ring is 1. The summed E-state index contributed by atoms with van der Waals surface area (Å²) in [6, 6.07) is 9.60. The molecule has 1 aromatic carbocycles. The van der Waals surface area contributed by atoms with E-state index in [2.05, 4.69) is 4.98 Å². The number of ether oxygens (including phenoxy) is 1. The largest absolute Gasteiger partial charge is 0.486 e. The summed E-state index contributed by atoms with van der Waals surface area (Å²) in [4.78, 5) is 5.19. The minimum atomic E-state index is 0.0790. The number of nitrogens with two attached hydrogens (primary N) is 1. The smallest absolute Gasteiger partial charge is 0.140 e. The summed E-state index contributed by atoms with van der Waals surface area (Å²) in [7, 11) is 0. The van der Waals surface area contributed by atoms with Crippen molar-refractivity contribution in [3.63, 3.8) is 0 Å². The molecule has 4 nitrogen and oxygen atoms in total. The van der Waals surface area contributed by atoms with Crippen LogP contribution in [0.25, 0.3) is 0 Å². The Hall–Kier alpha value is -1.88. The summed E-state index contributed by atoms with van der Waals surface area (Å²) in [6.07, 6.45) is 0.775. The Kier molecular flexibility index (Phi) is 3.94. The number of aromatic nitrogens is 1. The highest BCUT2D eigenvalue weighted by Crippen LogP contribution is 2.20. The predicted molar refractivity (Wildman–Crippen MR) is 73.3 cm³/mol. The van der Waals surface area contributed by atoms with Crippen LogP contribution in [0.4, 0.5) is 0 Å². The van der Waals surface area contributed by atoms with Crippen molar-refractivity contribution >= 4 is 17.2 Å². The van der Waals surface area contributed by atoms with Gasteiger partial charge in [-0.05, 0) is 18.6 Å². The lowest BCUT2D eigenvalue weighted by Crippen LogP contribution is -2.11. The van der Waals surface area contributed by atoms with Crippen LogP contribution in [0.1, 0.15) is 22.5 Å². The van der Waals surface area contributed by atoms with E-state index in [4.69, 9.17) is 15.9 Å². The normalized spacial score (nSPS) is 10.3. The van der Waals surface area contributed by atoms with Crippen LogP contribution in [0.5, 0.6) is 5.75 Å². The first-order valence-electron chi connectivity index (χ1n) is 5.71. The summed E-state index contributed by atoms with van der Waals surface area (Å²) >= 11 is 1.43. The lowest BCUT2D eigenvalue weighted by molar-refractivity contribution is 0.305. The molecule has 0 amide bonds. The van der Waals surface area contributed by atoms with Crippen LogP contribution in [-0.4, -0.2) is 10.8 Å². The van der Waals surface area contributed by atoms with E-state index in [9.17, 15) is 0 Å². The average Bonchev–Trinajstić information content (AvgIpc) is 2.81. The number of aryl methyl sites for hydroxylation is 1. The fraction of sp³-hybridized carbons (Fsp3) is 0.231. The Balaban J connectivity index is 2.08. The molecule has 0 aliphatic carbocycles. The number of para-hydroxylation sites is 1. The van der Waals surface area contributed by atoms with E-state index in [0.717, 1.165) is 27.7 Å². The molecule has 0 radical (unpaired) electrons. The van der Waals surface area contributed by atoms with Crippen LogP contribution in [0.15, 0.2) is 30.3 Å². The lowest BCUT2D eigenvalue weighted by atomic mass is 10.3. The number of rotatable bonds is 5. The van der Waals surface area contributed by atoms with Gasteiger partial charge in [-0.15, -0.1) is 11.3 Å². The van der Waals surface area contributed by atoms with Gasteiger partial charge in [0, 0.05) is 0 Å². The summed E-state index contributed by atoms with van der Waals surface area (Å²) in [6.45, 7) is 2.41. The van der Waals surface area contributed by atoms with Gasteiger partial charge in [-0.1, -0.05) is 25.1 Å².